The number of nitrogens with zero attached hydrogens (tertiary/aromatic N) is 3. The van der Waals surface area contributed by atoms with Crippen molar-refractivity contribution in [3.8, 4) is 0 Å². The molecule has 0 aliphatic carbocycles. The van der Waals surface area contributed by atoms with Gasteiger partial charge >= 0.3 is 6.03 Å². The third-order valence-corrected chi connectivity index (χ3v) is 3.29. The van der Waals surface area contributed by atoms with Crippen molar-refractivity contribution in [2.45, 2.75) is 6.92 Å². The van der Waals surface area contributed by atoms with E-state index in [9.17, 15) is 9.59 Å². The molecule has 1 aromatic rings. The van der Waals surface area contributed by atoms with Gasteiger partial charge in [0, 0.05) is 52.4 Å². The minimum absolute atomic E-state index is 0.127. The molecule has 0 bridgehead atoms. The molecule has 0 saturated carbocycles. The first-order chi connectivity index (χ1) is 9.65. The zero-order chi connectivity index (χ0) is 14.4. The van der Waals surface area contributed by atoms with E-state index in [0.717, 1.165) is 32.7 Å². The van der Waals surface area contributed by atoms with Gasteiger partial charge < -0.3 is 15.5 Å². The van der Waals surface area contributed by atoms with Gasteiger partial charge in [0.2, 0.25) is 5.91 Å². The highest BCUT2D eigenvalue weighted by Gasteiger charge is 2.17. The highest BCUT2D eigenvalue weighted by molar-refractivity contribution is 5.88. The molecule has 0 unspecified atom stereocenters. The summed E-state index contributed by atoms with van der Waals surface area (Å²) in [5.41, 5.74) is 0.637. The second kappa shape index (κ2) is 6.90. The van der Waals surface area contributed by atoms with Gasteiger partial charge in [-0.2, -0.15) is 5.10 Å². The molecule has 0 spiro atoms. The Morgan fingerprint density at radius 2 is 2.10 bits per heavy atom. The number of piperazine rings is 1. The largest absolute Gasteiger partial charge is 0.340 e. The number of H-pyrrole nitrogens is 1. The standard InChI is InChI=1S/C12H20N6O2/c1-10(19)18-6-4-17(5-7-18)3-2-13-12(20)16-11-8-14-15-9-11/h8-9H,2-7H2,1H3,(H,14,15)(H2,13,16,20). The van der Waals surface area contributed by atoms with Crippen LogP contribution >= 0.6 is 0 Å². The molecule has 1 saturated heterocycles. The van der Waals surface area contributed by atoms with Crippen LogP contribution in [0.2, 0.25) is 0 Å². The van der Waals surface area contributed by atoms with Crippen LogP contribution in [0.1, 0.15) is 6.92 Å². The molecule has 1 fully saturated rings. The predicted octanol–water partition coefficient (Wildman–Crippen LogP) is -0.305. The van der Waals surface area contributed by atoms with Crippen molar-refractivity contribution in [1.29, 1.82) is 0 Å². The van der Waals surface area contributed by atoms with Crippen molar-refractivity contribution >= 4 is 17.6 Å². The normalized spacial score (nSPS) is 15.9. The second-order valence-corrected chi connectivity index (χ2v) is 4.72. The van der Waals surface area contributed by atoms with Crippen molar-refractivity contribution in [3.05, 3.63) is 12.4 Å². The van der Waals surface area contributed by atoms with E-state index in [0.29, 0.717) is 12.2 Å². The van der Waals surface area contributed by atoms with Crippen molar-refractivity contribution in [1.82, 2.24) is 25.3 Å². The number of hydrogen-bond donors (Lipinski definition) is 3. The smallest absolute Gasteiger partial charge is 0.319 e. The first-order valence-electron chi connectivity index (χ1n) is 6.66. The average molecular weight is 280 g/mol. The maximum absolute atomic E-state index is 11.6. The van der Waals surface area contributed by atoms with Crippen molar-refractivity contribution in [2.75, 3.05) is 44.6 Å². The summed E-state index contributed by atoms with van der Waals surface area (Å²) in [5.74, 6) is 0.127. The Morgan fingerprint density at radius 3 is 2.70 bits per heavy atom. The number of aromatic amines is 1. The number of urea groups is 1. The van der Waals surface area contributed by atoms with Gasteiger partial charge in [0.15, 0.2) is 0 Å². The number of hydrogen-bond acceptors (Lipinski definition) is 4. The second-order valence-electron chi connectivity index (χ2n) is 4.72. The van der Waals surface area contributed by atoms with Crippen LogP contribution in [-0.4, -0.2) is 71.2 Å². The summed E-state index contributed by atoms with van der Waals surface area (Å²) in [4.78, 5) is 26.8. The number of rotatable bonds is 4. The highest BCUT2D eigenvalue weighted by Crippen LogP contribution is 2.02. The summed E-state index contributed by atoms with van der Waals surface area (Å²) in [6.45, 7) is 6.17. The van der Waals surface area contributed by atoms with Gasteiger partial charge in [0.05, 0.1) is 11.9 Å². The third kappa shape index (κ3) is 4.23. The lowest BCUT2D eigenvalue weighted by Crippen LogP contribution is -2.49. The first kappa shape index (κ1) is 14.3. The van der Waals surface area contributed by atoms with E-state index < -0.39 is 0 Å². The Bertz CT molecular complexity index is 439. The van der Waals surface area contributed by atoms with E-state index in [4.69, 9.17) is 0 Å². The molecule has 8 nitrogen and oxygen atoms in total. The lowest BCUT2D eigenvalue weighted by molar-refractivity contribution is -0.130. The molecule has 0 radical (unpaired) electrons. The average Bonchev–Trinajstić information content (AvgIpc) is 2.92. The molecule has 20 heavy (non-hydrogen) atoms. The van der Waals surface area contributed by atoms with Crippen LogP contribution in [0.5, 0.6) is 0 Å². The van der Waals surface area contributed by atoms with Gasteiger partial charge in [-0.25, -0.2) is 4.79 Å². The van der Waals surface area contributed by atoms with E-state index in [-0.39, 0.29) is 11.9 Å². The summed E-state index contributed by atoms with van der Waals surface area (Å²) in [7, 11) is 0. The molecular formula is C12H20N6O2. The molecule has 0 atom stereocenters. The van der Waals surface area contributed by atoms with Crippen LogP contribution in [0.3, 0.4) is 0 Å². The first-order valence-corrected chi connectivity index (χ1v) is 6.66. The van der Waals surface area contributed by atoms with Crippen LogP contribution in [-0.2, 0) is 4.79 Å². The number of aromatic nitrogens is 2. The Labute approximate surface area is 117 Å². The van der Waals surface area contributed by atoms with Crippen LogP contribution in [0.15, 0.2) is 12.4 Å². The fourth-order valence-electron chi connectivity index (χ4n) is 2.11. The molecule has 1 aliphatic heterocycles. The van der Waals surface area contributed by atoms with E-state index in [1.807, 2.05) is 4.90 Å². The van der Waals surface area contributed by atoms with Crippen molar-refractivity contribution in [2.24, 2.45) is 0 Å². The summed E-state index contributed by atoms with van der Waals surface area (Å²) in [6.07, 6.45) is 3.15. The van der Waals surface area contributed by atoms with Crippen molar-refractivity contribution < 1.29 is 9.59 Å². The molecule has 3 N–H and O–H groups in total. The Balaban J connectivity index is 1.59. The van der Waals surface area contributed by atoms with Crippen LogP contribution in [0, 0.1) is 0 Å². The number of nitrogens with one attached hydrogen (secondary N) is 3. The minimum atomic E-state index is -0.242. The van der Waals surface area contributed by atoms with Crippen LogP contribution in [0.25, 0.3) is 0 Å². The lowest BCUT2D eigenvalue weighted by atomic mass is 10.3. The fourth-order valence-corrected chi connectivity index (χ4v) is 2.11. The van der Waals surface area contributed by atoms with E-state index in [1.54, 1.807) is 19.3 Å². The van der Waals surface area contributed by atoms with Gasteiger partial charge in [-0.3, -0.25) is 14.8 Å². The van der Waals surface area contributed by atoms with Gasteiger partial charge in [0.25, 0.3) is 0 Å². The molecular weight excluding hydrogens is 260 g/mol. The van der Waals surface area contributed by atoms with Gasteiger partial charge in [-0.1, -0.05) is 0 Å². The maximum atomic E-state index is 11.6. The molecule has 1 aliphatic rings. The summed E-state index contributed by atoms with van der Waals surface area (Å²) in [5, 5.41) is 11.8. The van der Waals surface area contributed by atoms with Gasteiger partial charge in [-0.15, -0.1) is 0 Å². The maximum Gasteiger partial charge on any atom is 0.319 e. The zero-order valence-corrected chi connectivity index (χ0v) is 11.6. The number of carbonyl (C=O) groups excluding carboxylic acids is 2. The fraction of sp³-hybridized carbons (Fsp3) is 0.583. The van der Waals surface area contributed by atoms with E-state index in [2.05, 4.69) is 25.7 Å². The summed E-state index contributed by atoms with van der Waals surface area (Å²) in [6, 6.07) is -0.242. The quantitative estimate of drug-likeness (QED) is 0.705. The Morgan fingerprint density at radius 1 is 1.35 bits per heavy atom. The zero-order valence-electron chi connectivity index (χ0n) is 11.6. The molecule has 3 amide bonds. The number of anilines is 1. The summed E-state index contributed by atoms with van der Waals surface area (Å²) >= 11 is 0. The van der Waals surface area contributed by atoms with E-state index >= 15 is 0 Å². The molecule has 2 rings (SSSR count). The molecule has 8 heteroatoms. The molecule has 2 heterocycles. The Hall–Kier alpha value is -2.09. The topological polar surface area (TPSA) is 93.4 Å². The van der Waals surface area contributed by atoms with Gasteiger partial charge in [0.1, 0.15) is 0 Å². The molecule has 110 valence electrons. The highest BCUT2D eigenvalue weighted by atomic mass is 16.2. The van der Waals surface area contributed by atoms with Crippen LogP contribution < -0.4 is 10.6 Å². The molecule has 0 aromatic carbocycles. The predicted molar refractivity (Wildman–Crippen MR) is 74.3 cm³/mol. The SMILES string of the molecule is CC(=O)N1CCN(CCNC(=O)Nc2cn[nH]c2)CC1. The Kier molecular flexibility index (Phi) is 4.94. The van der Waals surface area contributed by atoms with Crippen molar-refractivity contribution in [3.63, 3.8) is 0 Å². The van der Waals surface area contributed by atoms with Crippen LogP contribution in [0.4, 0.5) is 10.5 Å². The van der Waals surface area contributed by atoms with E-state index in [1.165, 1.54) is 0 Å². The number of carbonyl (C=O) groups is 2. The number of amides is 3. The third-order valence-electron chi connectivity index (χ3n) is 3.29. The van der Waals surface area contributed by atoms with Gasteiger partial charge in [-0.05, 0) is 0 Å². The summed E-state index contributed by atoms with van der Waals surface area (Å²) < 4.78 is 0. The molecule has 1 aromatic heterocycles. The lowest BCUT2D eigenvalue weighted by Gasteiger charge is -2.34. The monoisotopic (exact) mass is 280 g/mol. The minimum Gasteiger partial charge on any atom is -0.340 e.